The van der Waals surface area contributed by atoms with Crippen LogP contribution in [0.2, 0.25) is 0 Å². The van der Waals surface area contributed by atoms with E-state index in [4.69, 9.17) is 4.74 Å². The summed E-state index contributed by atoms with van der Waals surface area (Å²) in [5.74, 6) is 0.0834. The molecule has 0 bridgehead atoms. The van der Waals surface area contributed by atoms with Crippen LogP contribution in [0.15, 0.2) is 47.4 Å². The van der Waals surface area contributed by atoms with Gasteiger partial charge in [-0.2, -0.15) is 0 Å². The summed E-state index contributed by atoms with van der Waals surface area (Å²) in [5.41, 5.74) is 2.76. The highest BCUT2D eigenvalue weighted by atomic mass is 32.2. The third kappa shape index (κ3) is 4.37. The number of ether oxygens (including phenoxy) is 1. The highest BCUT2D eigenvalue weighted by Gasteiger charge is 2.28. The second-order valence-electron chi connectivity index (χ2n) is 8.07. The van der Waals surface area contributed by atoms with Crippen molar-refractivity contribution in [1.82, 2.24) is 9.62 Å². The number of nitrogens with one attached hydrogen (secondary N) is 1. The Kier molecular flexibility index (Phi) is 6.11. The topological polar surface area (TPSA) is 75.7 Å². The highest BCUT2D eigenvalue weighted by molar-refractivity contribution is 7.89. The molecule has 0 unspecified atom stereocenters. The van der Waals surface area contributed by atoms with Crippen LogP contribution in [0.3, 0.4) is 0 Å². The van der Waals surface area contributed by atoms with E-state index in [0.717, 1.165) is 44.1 Å². The third-order valence-corrected chi connectivity index (χ3v) is 7.59. The first-order valence-corrected chi connectivity index (χ1v) is 12.0. The van der Waals surface area contributed by atoms with Crippen LogP contribution in [0.5, 0.6) is 5.75 Å². The number of carbonyl (C=O) groups excluding carboxylic acids is 1. The molecule has 1 aliphatic heterocycles. The molecule has 1 N–H and O–H groups in total. The van der Waals surface area contributed by atoms with Crippen LogP contribution in [0.1, 0.15) is 53.6 Å². The summed E-state index contributed by atoms with van der Waals surface area (Å²) in [6.45, 7) is 1.15. The fourth-order valence-corrected chi connectivity index (χ4v) is 5.87. The average molecular weight is 429 g/mol. The Morgan fingerprint density at radius 1 is 1.07 bits per heavy atom. The SMILES string of the molecule is COc1ccc(C(=O)N2CCc3ccccc3C2)cc1S(=O)(=O)NC1CCCCC1. The first-order valence-electron chi connectivity index (χ1n) is 10.5. The van der Waals surface area contributed by atoms with E-state index >= 15 is 0 Å². The van der Waals surface area contributed by atoms with Crippen LogP contribution >= 0.6 is 0 Å². The molecule has 1 amide bonds. The molecular formula is C23H28N2O4S. The lowest BCUT2D eigenvalue weighted by molar-refractivity contribution is 0.0734. The van der Waals surface area contributed by atoms with E-state index < -0.39 is 10.0 Å². The van der Waals surface area contributed by atoms with Crippen LogP contribution in [0, 0.1) is 0 Å². The lowest BCUT2D eigenvalue weighted by Gasteiger charge is -2.29. The normalized spacial score (nSPS) is 17.4. The molecule has 6 nitrogen and oxygen atoms in total. The zero-order valence-corrected chi connectivity index (χ0v) is 18.1. The molecule has 2 aromatic carbocycles. The minimum atomic E-state index is -3.78. The van der Waals surface area contributed by atoms with Gasteiger partial charge in [0.2, 0.25) is 10.0 Å². The number of hydrogen-bond donors (Lipinski definition) is 1. The number of rotatable bonds is 5. The fraction of sp³-hybridized carbons (Fsp3) is 0.435. The molecule has 0 radical (unpaired) electrons. The van der Waals surface area contributed by atoms with Crippen LogP contribution in [-0.2, 0) is 23.0 Å². The summed E-state index contributed by atoms with van der Waals surface area (Å²) in [7, 11) is -2.34. The van der Waals surface area contributed by atoms with Crippen molar-refractivity contribution in [3.05, 3.63) is 59.2 Å². The molecule has 1 aliphatic carbocycles. The van der Waals surface area contributed by atoms with Gasteiger partial charge in [0.25, 0.3) is 5.91 Å². The molecule has 0 atom stereocenters. The van der Waals surface area contributed by atoms with Crippen molar-refractivity contribution in [1.29, 1.82) is 0 Å². The molecular weight excluding hydrogens is 400 g/mol. The van der Waals surface area contributed by atoms with Crippen LogP contribution in [-0.4, -0.2) is 38.9 Å². The van der Waals surface area contributed by atoms with E-state index in [9.17, 15) is 13.2 Å². The second-order valence-corrected chi connectivity index (χ2v) is 9.75. The lowest BCUT2D eigenvalue weighted by Crippen LogP contribution is -2.37. The van der Waals surface area contributed by atoms with Crippen molar-refractivity contribution >= 4 is 15.9 Å². The Bertz CT molecular complexity index is 1030. The summed E-state index contributed by atoms with van der Waals surface area (Å²) < 4.78 is 34.3. The molecule has 160 valence electrons. The van der Waals surface area contributed by atoms with Gasteiger partial charge in [0.05, 0.1) is 7.11 Å². The molecule has 1 heterocycles. The minimum absolute atomic E-state index is 0.0267. The summed E-state index contributed by atoms with van der Waals surface area (Å²) in [6, 6.07) is 12.7. The van der Waals surface area contributed by atoms with E-state index in [1.165, 1.54) is 18.7 Å². The van der Waals surface area contributed by atoms with Gasteiger partial charge in [-0.3, -0.25) is 4.79 Å². The molecule has 0 saturated heterocycles. The number of nitrogens with zero attached hydrogens (tertiary/aromatic N) is 1. The third-order valence-electron chi connectivity index (χ3n) is 6.04. The summed E-state index contributed by atoms with van der Waals surface area (Å²) in [6.07, 6.45) is 5.68. The van der Waals surface area contributed by atoms with Crippen LogP contribution in [0.4, 0.5) is 0 Å². The van der Waals surface area contributed by atoms with Crippen LogP contribution in [0.25, 0.3) is 0 Å². The van der Waals surface area contributed by atoms with Crippen LogP contribution < -0.4 is 9.46 Å². The van der Waals surface area contributed by atoms with E-state index in [0.29, 0.717) is 18.7 Å². The van der Waals surface area contributed by atoms with Crippen molar-refractivity contribution in [3.63, 3.8) is 0 Å². The van der Waals surface area contributed by atoms with Gasteiger partial charge < -0.3 is 9.64 Å². The molecule has 30 heavy (non-hydrogen) atoms. The molecule has 0 spiro atoms. The zero-order chi connectivity index (χ0) is 21.1. The quantitative estimate of drug-likeness (QED) is 0.791. The van der Waals surface area contributed by atoms with E-state index in [-0.39, 0.29) is 22.6 Å². The van der Waals surface area contributed by atoms with Crippen molar-refractivity contribution in [2.24, 2.45) is 0 Å². The molecule has 4 rings (SSSR count). The van der Waals surface area contributed by atoms with Gasteiger partial charge in [-0.15, -0.1) is 0 Å². The van der Waals surface area contributed by atoms with Crippen molar-refractivity contribution in [2.75, 3.05) is 13.7 Å². The number of hydrogen-bond acceptors (Lipinski definition) is 4. The van der Waals surface area contributed by atoms with Gasteiger partial charge in [-0.25, -0.2) is 13.1 Å². The Balaban J connectivity index is 1.58. The first kappa shape index (κ1) is 20.9. The Hall–Kier alpha value is -2.38. The maximum Gasteiger partial charge on any atom is 0.254 e. The largest absolute Gasteiger partial charge is 0.495 e. The Labute approximate surface area is 178 Å². The van der Waals surface area contributed by atoms with E-state index in [1.807, 2.05) is 18.2 Å². The monoisotopic (exact) mass is 428 g/mol. The Morgan fingerprint density at radius 2 is 1.80 bits per heavy atom. The Morgan fingerprint density at radius 3 is 2.53 bits per heavy atom. The van der Waals surface area contributed by atoms with Crippen molar-refractivity contribution in [2.45, 2.75) is 56.0 Å². The summed E-state index contributed by atoms with van der Waals surface area (Å²) >= 11 is 0. The van der Waals surface area contributed by atoms with Gasteiger partial charge in [0, 0.05) is 24.7 Å². The maximum absolute atomic E-state index is 13.1. The number of methoxy groups -OCH3 is 1. The molecule has 1 saturated carbocycles. The maximum atomic E-state index is 13.1. The van der Waals surface area contributed by atoms with Gasteiger partial charge in [0.1, 0.15) is 10.6 Å². The predicted molar refractivity (Wildman–Crippen MR) is 115 cm³/mol. The standard InChI is InChI=1S/C23H28N2O4S/c1-29-21-12-11-18(15-22(21)30(27,28)24-20-9-3-2-4-10-20)23(26)25-14-13-17-7-5-6-8-19(17)16-25/h5-8,11-12,15,20,24H,2-4,9-10,13-14,16H2,1H3. The molecule has 2 aliphatic rings. The molecule has 2 aromatic rings. The average Bonchev–Trinajstić information content (AvgIpc) is 2.78. The molecule has 7 heteroatoms. The predicted octanol–water partition coefficient (Wildman–Crippen LogP) is 3.50. The van der Waals surface area contributed by atoms with Crippen molar-refractivity contribution in [3.8, 4) is 5.75 Å². The summed E-state index contributed by atoms with van der Waals surface area (Å²) in [5, 5.41) is 0. The van der Waals surface area contributed by atoms with Crippen molar-refractivity contribution < 1.29 is 17.9 Å². The lowest BCUT2D eigenvalue weighted by atomic mass is 9.96. The second kappa shape index (κ2) is 8.78. The van der Waals surface area contributed by atoms with Gasteiger partial charge in [0.15, 0.2) is 0 Å². The molecule has 0 aromatic heterocycles. The number of fused-ring (bicyclic) bond motifs is 1. The van der Waals surface area contributed by atoms with E-state index in [2.05, 4.69) is 10.8 Å². The van der Waals surface area contributed by atoms with Gasteiger partial charge in [-0.1, -0.05) is 43.5 Å². The minimum Gasteiger partial charge on any atom is -0.495 e. The van der Waals surface area contributed by atoms with Gasteiger partial charge >= 0.3 is 0 Å². The number of sulfonamides is 1. The summed E-state index contributed by atoms with van der Waals surface area (Å²) in [4.78, 5) is 14.9. The van der Waals surface area contributed by atoms with E-state index in [1.54, 1.807) is 17.0 Å². The number of benzene rings is 2. The molecule has 1 fully saturated rings. The number of carbonyl (C=O) groups is 1. The van der Waals surface area contributed by atoms with Gasteiger partial charge in [-0.05, 0) is 48.6 Å². The number of amides is 1. The highest BCUT2D eigenvalue weighted by Crippen LogP contribution is 2.28. The zero-order valence-electron chi connectivity index (χ0n) is 17.3. The first-order chi connectivity index (χ1) is 14.5. The fourth-order valence-electron chi connectivity index (χ4n) is 4.37. The smallest absolute Gasteiger partial charge is 0.254 e.